The minimum Gasteiger partial charge on any atom is -0.373 e. The first-order valence-electron chi connectivity index (χ1n) is 13.2. The molecule has 0 spiro atoms. The summed E-state index contributed by atoms with van der Waals surface area (Å²) in [6.45, 7) is 7.30. The fourth-order valence-electron chi connectivity index (χ4n) is 5.50. The van der Waals surface area contributed by atoms with Crippen LogP contribution in [0.2, 0.25) is 0 Å². The highest BCUT2D eigenvalue weighted by Gasteiger charge is 2.39. The van der Waals surface area contributed by atoms with Crippen LogP contribution < -0.4 is 0 Å². The zero-order valence-corrected chi connectivity index (χ0v) is 22.5. The maximum absolute atomic E-state index is 13.9. The minimum atomic E-state index is -5.10. The molecule has 5 nitrogen and oxygen atoms in total. The number of morpholine rings is 1. The van der Waals surface area contributed by atoms with Crippen molar-refractivity contribution in [2.45, 2.75) is 50.9 Å². The van der Waals surface area contributed by atoms with Crippen LogP contribution in [0, 0.1) is 11.6 Å². The molecule has 2 aromatic rings. The number of rotatable bonds is 6. The Morgan fingerprint density at radius 2 is 1.39 bits per heavy atom. The first-order valence-corrected chi connectivity index (χ1v) is 13.2. The van der Waals surface area contributed by atoms with Gasteiger partial charge in [0.15, 0.2) is 11.6 Å². The summed E-state index contributed by atoms with van der Waals surface area (Å²) in [4.78, 5) is 19.0. The summed E-state index contributed by atoms with van der Waals surface area (Å²) in [5, 5.41) is 0. The van der Waals surface area contributed by atoms with Crippen molar-refractivity contribution in [3.05, 3.63) is 70.3 Å². The van der Waals surface area contributed by atoms with Gasteiger partial charge in [-0.05, 0) is 56.2 Å². The smallest absolute Gasteiger partial charge is 0.373 e. The van der Waals surface area contributed by atoms with E-state index in [4.69, 9.17) is 4.74 Å². The number of carbonyl (C=O) groups excluding carboxylic acids is 1. The second-order valence-electron chi connectivity index (χ2n) is 10.7. The fourth-order valence-corrected chi connectivity index (χ4v) is 5.50. The molecule has 2 heterocycles. The van der Waals surface area contributed by atoms with Crippen LogP contribution in [-0.4, -0.2) is 84.7 Å². The highest BCUT2D eigenvalue weighted by molar-refractivity contribution is 5.95. The lowest BCUT2D eigenvalue weighted by atomic mass is 9.99. The van der Waals surface area contributed by atoms with Crippen LogP contribution in [0.1, 0.15) is 40.9 Å². The molecule has 2 saturated heterocycles. The molecule has 0 saturated carbocycles. The van der Waals surface area contributed by atoms with Crippen LogP contribution in [0.25, 0.3) is 0 Å². The summed E-state index contributed by atoms with van der Waals surface area (Å²) in [7, 11) is 0. The fraction of sp³-hybridized carbons (Fsp3) is 0.536. The van der Waals surface area contributed by atoms with Crippen LogP contribution in [0.4, 0.5) is 35.1 Å². The van der Waals surface area contributed by atoms with Gasteiger partial charge in [0.2, 0.25) is 0 Å². The summed E-state index contributed by atoms with van der Waals surface area (Å²) in [5.74, 6) is -3.16. The third kappa shape index (κ3) is 7.95. The van der Waals surface area contributed by atoms with E-state index in [-0.39, 0.29) is 37.8 Å². The highest BCUT2D eigenvalue weighted by Crippen LogP contribution is 2.37. The molecule has 1 amide bonds. The summed E-state index contributed by atoms with van der Waals surface area (Å²) in [6.07, 6.45) is -10.1. The summed E-state index contributed by atoms with van der Waals surface area (Å²) < 4.78 is 114. The van der Waals surface area contributed by atoms with E-state index in [1.165, 1.54) is 11.0 Å². The molecule has 0 radical (unpaired) electrons. The average Bonchev–Trinajstić information content (AvgIpc) is 2.87. The zero-order chi connectivity index (χ0) is 30.1. The van der Waals surface area contributed by atoms with Gasteiger partial charge in [-0.2, -0.15) is 26.3 Å². The first kappa shape index (κ1) is 31.2. The van der Waals surface area contributed by atoms with Gasteiger partial charge in [0.25, 0.3) is 5.91 Å². The first-order chi connectivity index (χ1) is 19.1. The summed E-state index contributed by atoms with van der Waals surface area (Å²) >= 11 is 0. The summed E-state index contributed by atoms with van der Waals surface area (Å²) in [5.41, 5.74) is -3.57. The third-order valence-corrected chi connectivity index (χ3v) is 7.35. The highest BCUT2D eigenvalue weighted by atomic mass is 19.4. The Balaban J connectivity index is 1.58. The van der Waals surface area contributed by atoms with E-state index in [0.29, 0.717) is 37.3 Å². The SMILES string of the molecule is CC1CN(CCN2CCN(C(=O)c3cc(C(F)(F)F)cc(C(F)(F)F)c3)[C@H](Cc3ccc(F)c(F)c3)C2)CC(C)O1. The van der Waals surface area contributed by atoms with E-state index in [1.54, 1.807) is 0 Å². The van der Waals surface area contributed by atoms with Gasteiger partial charge in [0.05, 0.1) is 23.3 Å². The molecule has 2 aromatic carbocycles. The molecule has 0 aromatic heterocycles. The van der Waals surface area contributed by atoms with Crippen molar-refractivity contribution in [2.24, 2.45) is 0 Å². The van der Waals surface area contributed by atoms with Crippen LogP contribution in [-0.2, 0) is 23.5 Å². The van der Waals surface area contributed by atoms with Crippen LogP contribution in [0.15, 0.2) is 36.4 Å². The van der Waals surface area contributed by atoms with Crippen LogP contribution in [0.5, 0.6) is 0 Å². The molecule has 2 fully saturated rings. The molecule has 2 aliphatic rings. The molecule has 226 valence electrons. The standard InChI is InChI=1S/C28H31F8N3O2/c1-17-14-38(15-18(2)41-17)6-5-37-7-8-39(23(16-37)9-19-3-4-24(29)25(30)10-19)26(40)20-11-21(27(31,32)33)13-22(12-20)28(34,35)36/h3-4,10-13,17-18,23H,5-9,14-16H2,1-2H3/t17?,18?,23-/m1/s1. The van der Waals surface area contributed by atoms with Crippen molar-refractivity contribution < 1.29 is 44.7 Å². The second kappa shape index (κ2) is 12.2. The number of alkyl halides is 6. The Morgan fingerprint density at radius 1 is 0.805 bits per heavy atom. The third-order valence-electron chi connectivity index (χ3n) is 7.35. The molecule has 2 aliphatic heterocycles. The molecule has 13 heteroatoms. The lowest BCUT2D eigenvalue weighted by Gasteiger charge is -2.43. The van der Waals surface area contributed by atoms with E-state index in [9.17, 15) is 39.9 Å². The maximum atomic E-state index is 13.9. The predicted molar refractivity (Wildman–Crippen MR) is 134 cm³/mol. The van der Waals surface area contributed by atoms with Gasteiger partial charge < -0.3 is 9.64 Å². The number of halogens is 8. The zero-order valence-electron chi connectivity index (χ0n) is 22.5. The summed E-state index contributed by atoms with van der Waals surface area (Å²) in [6, 6.07) is 3.33. The number of benzene rings is 2. The maximum Gasteiger partial charge on any atom is 0.416 e. The van der Waals surface area contributed by atoms with Crippen molar-refractivity contribution in [2.75, 3.05) is 45.8 Å². The Hall–Kier alpha value is -2.77. The Bertz CT molecular complexity index is 1190. The lowest BCUT2D eigenvalue weighted by Crippen LogP contribution is -2.57. The Kier molecular flexibility index (Phi) is 9.29. The van der Waals surface area contributed by atoms with E-state index >= 15 is 0 Å². The number of hydrogen-bond donors (Lipinski definition) is 0. The van der Waals surface area contributed by atoms with Gasteiger partial charge >= 0.3 is 12.4 Å². The average molecular weight is 594 g/mol. The van der Waals surface area contributed by atoms with Gasteiger partial charge in [-0.3, -0.25) is 14.6 Å². The molecule has 0 N–H and O–H groups in total. The Morgan fingerprint density at radius 3 is 1.95 bits per heavy atom. The monoisotopic (exact) mass is 593 g/mol. The number of nitrogens with zero attached hydrogens (tertiary/aromatic N) is 3. The van der Waals surface area contributed by atoms with Crippen molar-refractivity contribution in [3.63, 3.8) is 0 Å². The normalized spacial score (nSPS) is 23.2. The lowest BCUT2D eigenvalue weighted by molar-refractivity contribution is -0.143. The van der Waals surface area contributed by atoms with Crippen molar-refractivity contribution in [3.8, 4) is 0 Å². The number of carbonyl (C=O) groups is 1. The minimum absolute atomic E-state index is 0.0240. The van der Waals surface area contributed by atoms with Gasteiger partial charge in [-0.15, -0.1) is 0 Å². The van der Waals surface area contributed by atoms with Crippen molar-refractivity contribution in [1.29, 1.82) is 0 Å². The molecule has 41 heavy (non-hydrogen) atoms. The molecule has 3 atom stereocenters. The number of piperazine rings is 1. The predicted octanol–water partition coefficient (Wildman–Crippen LogP) is 5.48. The van der Waals surface area contributed by atoms with Gasteiger partial charge in [0, 0.05) is 57.4 Å². The van der Waals surface area contributed by atoms with Crippen LogP contribution >= 0.6 is 0 Å². The van der Waals surface area contributed by atoms with E-state index in [1.807, 2.05) is 18.7 Å². The molecule has 4 rings (SSSR count). The number of hydrogen-bond acceptors (Lipinski definition) is 4. The largest absolute Gasteiger partial charge is 0.416 e. The topological polar surface area (TPSA) is 36.0 Å². The number of amides is 1. The molecule has 0 bridgehead atoms. The van der Waals surface area contributed by atoms with E-state index < -0.39 is 52.6 Å². The van der Waals surface area contributed by atoms with Crippen LogP contribution in [0.3, 0.4) is 0 Å². The van der Waals surface area contributed by atoms with Crippen molar-refractivity contribution >= 4 is 5.91 Å². The quantitative estimate of drug-likeness (QED) is 0.416. The van der Waals surface area contributed by atoms with Crippen molar-refractivity contribution in [1.82, 2.24) is 14.7 Å². The number of ether oxygens (including phenoxy) is 1. The molecular weight excluding hydrogens is 562 g/mol. The second-order valence-corrected chi connectivity index (χ2v) is 10.7. The molecule has 0 aliphatic carbocycles. The van der Waals surface area contributed by atoms with Gasteiger partial charge in [-0.25, -0.2) is 8.78 Å². The van der Waals surface area contributed by atoms with E-state index in [0.717, 1.165) is 25.2 Å². The molecule has 2 unspecified atom stereocenters. The van der Waals surface area contributed by atoms with E-state index in [2.05, 4.69) is 4.90 Å². The van der Waals surface area contributed by atoms with Gasteiger partial charge in [-0.1, -0.05) is 6.07 Å². The van der Waals surface area contributed by atoms with Gasteiger partial charge in [0.1, 0.15) is 0 Å². The Labute approximate surface area is 232 Å². The molecular formula is C28H31F8N3O2.